The summed E-state index contributed by atoms with van der Waals surface area (Å²) < 4.78 is 29.5. The van der Waals surface area contributed by atoms with Crippen LogP contribution in [0.4, 0.5) is 5.69 Å². The van der Waals surface area contributed by atoms with E-state index >= 15 is 0 Å². The molecule has 248 valence electrons. The summed E-state index contributed by atoms with van der Waals surface area (Å²) in [5, 5.41) is 3.98. The monoisotopic (exact) mass is 713 g/mol. The molecule has 0 heterocycles. The Labute approximate surface area is 292 Å². The molecule has 4 rings (SSSR count). The molecule has 0 aliphatic rings. The summed E-state index contributed by atoms with van der Waals surface area (Å²) in [6, 6.07) is 24.5. The van der Waals surface area contributed by atoms with E-state index in [2.05, 4.69) is 5.32 Å². The van der Waals surface area contributed by atoms with Gasteiger partial charge in [0, 0.05) is 23.5 Å². The smallest absolute Gasteiger partial charge is 0.264 e. The SMILES string of the molecule is Cc1ccc(S(=O)(=O)N(CC(=O)N(Cc2ccc(Cl)c(Cl)c2)C(Cc2ccccc2)C(=O)NC(C)(C)C)c2ccc(C)c(Cl)c2)cc1. The third kappa shape index (κ3) is 9.51. The van der Waals surface area contributed by atoms with Gasteiger partial charge >= 0.3 is 0 Å². The van der Waals surface area contributed by atoms with Crippen molar-refractivity contribution in [2.75, 3.05) is 10.8 Å². The predicted molar refractivity (Wildman–Crippen MR) is 191 cm³/mol. The quantitative estimate of drug-likeness (QED) is 0.171. The highest BCUT2D eigenvalue weighted by Crippen LogP contribution is 2.30. The Morgan fingerprint density at radius 1 is 0.787 bits per heavy atom. The Balaban J connectivity index is 1.85. The first-order valence-electron chi connectivity index (χ1n) is 15.0. The van der Waals surface area contributed by atoms with Crippen molar-refractivity contribution >= 4 is 62.3 Å². The van der Waals surface area contributed by atoms with Crippen LogP contribution < -0.4 is 9.62 Å². The summed E-state index contributed by atoms with van der Waals surface area (Å²) in [6.45, 7) is 8.57. The average Bonchev–Trinajstić information content (AvgIpc) is 3.00. The van der Waals surface area contributed by atoms with Crippen molar-refractivity contribution in [2.45, 2.75) is 64.1 Å². The number of amides is 2. The third-order valence-corrected chi connectivity index (χ3v) is 10.4. The molecule has 4 aromatic carbocycles. The second-order valence-corrected chi connectivity index (χ2v) is 15.6. The van der Waals surface area contributed by atoms with Crippen molar-refractivity contribution < 1.29 is 18.0 Å². The van der Waals surface area contributed by atoms with E-state index in [1.54, 1.807) is 49.4 Å². The zero-order chi connectivity index (χ0) is 34.5. The number of aryl methyl sites for hydroxylation is 2. The molecular weight excluding hydrogens is 677 g/mol. The van der Waals surface area contributed by atoms with Gasteiger partial charge in [-0.15, -0.1) is 0 Å². The number of carbonyl (C=O) groups excluding carboxylic acids is 2. The lowest BCUT2D eigenvalue weighted by atomic mass is 10.0. The van der Waals surface area contributed by atoms with E-state index in [1.807, 2.05) is 58.0 Å². The predicted octanol–water partition coefficient (Wildman–Crippen LogP) is 8.01. The molecule has 4 aromatic rings. The van der Waals surface area contributed by atoms with Gasteiger partial charge in [0.05, 0.1) is 20.6 Å². The number of anilines is 1. The van der Waals surface area contributed by atoms with Crippen molar-refractivity contribution in [3.05, 3.63) is 128 Å². The number of nitrogens with one attached hydrogen (secondary N) is 1. The topological polar surface area (TPSA) is 86.8 Å². The van der Waals surface area contributed by atoms with E-state index in [4.69, 9.17) is 34.8 Å². The standard InChI is InChI=1S/C36H38Cl3N3O4S/c1-24-11-16-29(17-12-24)47(45,46)42(28-15-13-25(2)31(38)21-28)23-34(43)41(22-27-14-18-30(37)32(39)19-27)33(35(44)40-36(3,4)5)20-26-9-7-6-8-10-26/h6-19,21,33H,20,22-23H2,1-5H3,(H,40,44). The minimum Gasteiger partial charge on any atom is -0.350 e. The molecule has 1 unspecified atom stereocenters. The molecular formula is C36H38Cl3N3O4S. The van der Waals surface area contributed by atoms with Gasteiger partial charge in [0.1, 0.15) is 12.6 Å². The fourth-order valence-corrected chi connectivity index (χ4v) is 6.85. The van der Waals surface area contributed by atoms with Gasteiger partial charge < -0.3 is 10.2 Å². The molecule has 0 saturated carbocycles. The molecule has 0 aliphatic heterocycles. The number of nitrogens with zero attached hydrogens (tertiary/aromatic N) is 2. The van der Waals surface area contributed by atoms with Crippen LogP contribution in [0, 0.1) is 13.8 Å². The summed E-state index contributed by atoms with van der Waals surface area (Å²) >= 11 is 19.0. The maximum Gasteiger partial charge on any atom is 0.264 e. The number of sulfonamides is 1. The molecule has 0 fully saturated rings. The van der Waals surface area contributed by atoms with Crippen molar-refractivity contribution in [1.82, 2.24) is 10.2 Å². The van der Waals surface area contributed by atoms with Gasteiger partial charge in [-0.3, -0.25) is 13.9 Å². The Bertz CT molecular complexity index is 1840. The second kappa shape index (κ2) is 15.1. The summed E-state index contributed by atoms with van der Waals surface area (Å²) in [7, 11) is -4.26. The first-order chi connectivity index (χ1) is 22.0. The average molecular weight is 715 g/mol. The molecule has 0 bridgehead atoms. The lowest BCUT2D eigenvalue weighted by Gasteiger charge is -2.35. The van der Waals surface area contributed by atoms with Crippen LogP contribution in [0.2, 0.25) is 15.1 Å². The molecule has 1 atom stereocenters. The lowest BCUT2D eigenvalue weighted by molar-refractivity contribution is -0.140. The maximum atomic E-state index is 14.6. The van der Waals surface area contributed by atoms with E-state index in [0.29, 0.717) is 15.6 Å². The zero-order valence-electron chi connectivity index (χ0n) is 26.9. The molecule has 0 aromatic heterocycles. The van der Waals surface area contributed by atoms with Gasteiger partial charge in [0.2, 0.25) is 11.8 Å². The van der Waals surface area contributed by atoms with Crippen LogP contribution in [0.5, 0.6) is 0 Å². The van der Waals surface area contributed by atoms with Crippen molar-refractivity contribution in [1.29, 1.82) is 0 Å². The zero-order valence-corrected chi connectivity index (χ0v) is 30.0. The first-order valence-corrected chi connectivity index (χ1v) is 17.6. The van der Waals surface area contributed by atoms with E-state index in [-0.39, 0.29) is 34.5 Å². The highest BCUT2D eigenvalue weighted by atomic mass is 35.5. The summed E-state index contributed by atoms with van der Waals surface area (Å²) in [4.78, 5) is 30.0. The molecule has 2 amide bonds. The highest BCUT2D eigenvalue weighted by molar-refractivity contribution is 7.92. The van der Waals surface area contributed by atoms with Gasteiger partial charge in [0.15, 0.2) is 0 Å². The fraction of sp³-hybridized carbons (Fsp3) is 0.278. The van der Waals surface area contributed by atoms with Crippen molar-refractivity contribution in [3.8, 4) is 0 Å². The minimum absolute atomic E-state index is 0.00921. The molecule has 0 radical (unpaired) electrons. The van der Waals surface area contributed by atoms with Gasteiger partial charge in [-0.1, -0.05) is 95.0 Å². The summed E-state index contributed by atoms with van der Waals surface area (Å²) in [6.07, 6.45) is 0.177. The number of benzene rings is 4. The molecule has 11 heteroatoms. The first kappa shape index (κ1) is 36.3. The number of carbonyl (C=O) groups is 2. The lowest BCUT2D eigenvalue weighted by Crippen LogP contribution is -2.56. The van der Waals surface area contributed by atoms with Crippen LogP contribution in [-0.4, -0.2) is 43.3 Å². The molecule has 0 spiro atoms. The van der Waals surface area contributed by atoms with E-state index in [0.717, 1.165) is 21.0 Å². The fourth-order valence-electron chi connectivity index (χ4n) is 4.94. The van der Waals surface area contributed by atoms with Gasteiger partial charge in [-0.25, -0.2) is 8.42 Å². The molecule has 1 N–H and O–H groups in total. The molecule has 47 heavy (non-hydrogen) atoms. The van der Waals surface area contributed by atoms with Crippen molar-refractivity contribution in [2.24, 2.45) is 0 Å². The summed E-state index contributed by atoms with van der Waals surface area (Å²) in [5.74, 6) is -0.991. The van der Waals surface area contributed by atoms with E-state index in [1.165, 1.54) is 23.1 Å². The van der Waals surface area contributed by atoms with Crippen LogP contribution in [0.3, 0.4) is 0 Å². The Hall–Kier alpha value is -3.56. The van der Waals surface area contributed by atoms with Gasteiger partial charge in [-0.05, 0) is 87.7 Å². The Morgan fingerprint density at radius 3 is 2.04 bits per heavy atom. The second-order valence-electron chi connectivity index (χ2n) is 12.5. The number of hydrogen-bond donors (Lipinski definition) is 1. The largest absolute Gasteiger partial charge is 0.350 e. The number of rotatable bonds is 11. The molecule has 0 saturated heterocycles. The van der Waals surface area contributed by atoms with Crippen LogP contribution >= 0.6 is 34.8 Å². The Kier molecular flexibility index (Phi) is 11.7. The maximum absolute atomic E-state index is 14.6. The summed E-state index contributed by atoms with van der Waals surface area (Å²) in [5.41, 5.74) is 2.67. The number of hydrogen-bond acceptors (Lipinski definition) is 4. The number of halogens is 3. The highest BCUT2D eigenvalue weighted by Gasteiger charge is 2.36. The van der Waals surface area contributed by atoms with Crippen LogP contribution in [0.25, 0.3) is 0 Å². The molecule has 0 aliphatic carbocycles. The van der Waals surface area contributed by atoms with Crippen LogP contribution in [-0.2, 0) is 32.6 Å². The van der Waals surface area contributed by atoms with E-state index in [9.17, 15) is 18.0 Å². The minimum atomic E-state index is -4.26. The molecule has 7 nitrogen and oxygen atoms in total. The van der Waals surface area contributed by atoms with Gasteiger partial charge in [0.25, 0.3) is 10.0 Å². The van der Waals surface area contributed by atoms with Crippen LogP contribution in [0.1, 0.15) is 43.0 Å². The van der Waals surface area contributed by atoms with Gasteiger partial charge in [-0.2, -0.15) is 0 Å². The van der Waals surface area contributed by atoms with E-state index < -0.39 is 34.1 Å². The van der Waals surface area contributed by atoms with Crippen molar-refractivity contribution in [3.63, 3.8) is 0 Å². The normalized spacial score (nSPS) is 12.3. The van der Waals surface area contributed by atoms with Crippen LogP contribution in [0.15, 0.2) is 95.9 Å². The Morgan fingerprint density at radius 2 is 1.45 bits per heavy atom. The third-order valence-electron chi connectivity index (χ3n) is 7.44.